The van der Waals surface area contributed by atoms with Gasteiger partial charge < -0.3 is 10.2 Å². The first-order chi connectivity index (χ1) is 6.74. The van der Waals surface area contributed by atoms with Crippen LogP contribution < -0.4 is 0 Å². The molecule has 0 fully saturated rings. The van der Waals surface area contributed by atoms with Gasteiger partial charge in [-0.2, -0.15) is 0 Å². The van der Waals surface area contributed by atoms with E-state index in [9.17, 15) is 4.79 Å². The third kappa shape index (κ3) is 2.79. The molecule has 2 N–H and O–H groups in total. The molecule has 0 radical (unpaired) electrons. The maximum atomic E-state index is 9.92. The number of aldehydes is 1. The summed E-state index contributed by atoms with van der Waals surface area (Å²) < 4.78 is 0. The van der Waals surface area contributed by atoms with Crippen LogP contribution in [0.5, 0.6) is 11.5 Å². The highest BCUT2D eigenvalue weighted by Crippen LogP contribution is 2.25. The Kier molecular flexibility index (Phi) is 3.49. The first kappa shape index (κ1) is 10.1. The number of hydrogen-bond acceptors (Lipinski definition) is 3. The molecule has 0 heterocycles. The van der Waals surface area contributed by atoms with Crippen molar-refractivity contribution in [3.63, 3.8) is 0 Å². The lowest BCUT2D eigenvalue weighted by Gasteiger charge is -1.97. The Labute approximate surface area is 81.6 Å². The molecule has 72 valence electrons. The number of hydrogen-bond donors (Lipinski definition) is 2. The Morgan fingerprint density at radius 3 is 2.43 bits per heavy atom. The summed E-state index contributed by atoms with van der Waals surface area (Å²) in [5.41, 5.74) is 0.746. The third-order valence-corrected chi connectivity index (χ3v) is 1.59. The number of allylic oxidation sites excluding steroid dienone is 3. The van der Waals surface area contributed by atoms with Gasteiger partial charge >= 0.3 is 0 Å². The fourth-order valence-electron chi connectivity index (χ4n) is 0.920. The molecule has 0 atom stereocenters. The fourth-order valence-corrected chi connectivity index (χ4v) is 0.920. The summed E-state index contributed by atoms with van der Waals surface area (Å²) in [6.45, 7) is 0. The van der Waals surface area contributed by atoms with E-state index in [1.165, 1.54) is 18.2 Å². The average molecular weight is 190 g/mol. The van der Waals surface area contributed by atoms with Crippen LogP contribution in [0.2, 0.25) is 0 Å². The Balaban J connectivity index is 2.77. The van der Waals surface area contributed by atoms with Crippen molar-refractivity contribution in [2.24, 2.45) is 0 Å². The van der Waals surface area contributed by atoms with Crippen molar-refractivity contribution >= 4 is 12.4 Å². The van der Waals surface area contributed by atoms with Crippen LogP contribution in [0.1, 0.15) is 5.56 Å². The van der Waals surface area contributed by atoms with E-state index in [2.05, 4.69) is 0 Å². The third-order valence-electron chi connectivity index (χ3n) is 1.59. The number of phenols is 2. The van der Waals surface area contributed by atoms with Crippen molar-refractivity contribution in [1.29, 1.82) is 0 Å². The van der Waals surface area contributed by atoms with Crippen LogP contribution >= 0.6 is 0 Å². The van der Waals surface area contributed by atoms with E-state index < -0.39 is 0 Å². The second-order valence-corrected chi connectivity index (χ2v) is 2.63. The van der Waals surface area contributed by atoms with Crippen LogP contribution in [0.4, 0.5) is 0 Å². The van der Waals surface area contributed by atoms with Gasteiger partial charge in [-0.25, -0.2) is 0 Å². The molecule has 0 aliphatic rings. The average Bonchev–Trinajstić information content (AvgIpc) is 2.18. The molecule has 0 spiro atoms. The number of aromatic hydroxyl groups is 2. The van der Waals surface area contributed by atoms with E-state index in [0.717, 1.165) is 5.56 Å². The molecule has 0 saturated carbocycles. The molecule has 1 aromatic carbocycles. The first-order valence-electron chi connectivity index (χ1n) is 4.04. The molecule has 0 unspecified atom stereocenters. The molecule has 0 saturated heterocycles. The Hall–Kier alpha value is -2.03. The molecular formula is C11H10O3. The van der Waals surface area contributed by atoms with Gasteiger partial charge in [0.2, 0.25) is 0 Å². The van der Waals surface area contributed by atoms with Gasteiger partial charge in [0.1, 0.15) is 6.29 Å². The van der Waals surface area contributed by atoms with Crippen molar-refractivity contribution in [1.82, 2.24) is 0 Å². The summed E-state index contributed by atoms with van der Waals surface area (Å²) in [7, 11) is 0. The summed E-state index contributed by atoms with van der Waals surface area (Å²) in [6, 6.07) is 4.49. The van der Waals surface area contributed by atoms with Crippen molar-refractivity contribution in [2.75, 3.05) is 0 Å². The zero-order chi connectivity index (χ0) is 10.4. The van der Waals surface area contributed by atoms with Crippen LogP contribution in [-0.2, 0) is 4.79 Å². The number of benzene rings is 1. The second kappa shape index (κ2) is 4.87. The highest BCUT2D eigenvalue weighted by molar-refractivity contribution is 5.66. The van der Waals surface area contributed by atoms with Gasteiger partial charge in [-0.3, -0.25) is 4.79 Å². The maximum absolute atomic E-state index is 9.92. The lowest BCUT2D eigenvalue weighted by molar-refractivity contribution is -0.104. The van der Waals surface area contributed by atoms with Crippen molar-refractivity contribution in [3.05, 3.63) is 42.0 Å². The maximum Gasteiger partial charge on any atom is 0.157 e. The topological polar surface area (TPSA) is 57.5 Å². The summed E-state index contributed by atoms with van der Waals surface area (Å²) >= 11 is 0. The van der Waals surface area contributed by atoms with E-state index in [1.54, 1.807) is 24.3 Å². The molecule has 0 bridgehead atoms. The largest absolute Gasteiger partial charge is 0.504 e. The van der Waals surface area contributed by atoms with Gasteiger partial charge in [-0.05, 0) is 23.8 Å². The Morgan fingerprint density at radius 1 is 1.00 bits per heavy atom. The molecule has 3 heteroatoms. The molecule has 0 aliphatic heterocycles. The number of carbonyl (C=O) groups excluding carboxylic acids is 1. The van der Waals surface area contributed by atoms with Gasteiger partial charge in [0.15, 0.2) is 11.5 Å². The van der Waals surface area contributed by atoms with Crippen molar-refractivity contribution in [3.8, 4) is 11.5 Å². The highest BCUT2D eigenvalue weighted by atomic mass is 16.3. The Bertz CT molecular complexity index is 378. The van der Waals surface area contributed by atoms with E-state index in [1.807, 2.05) is 0 Å². The summed E-state index contributed by atoms with van der Waals surface area (Å²) in [5, 5.41) is 18.2. The van der Waals surface area contributed by atoms with Gasteiger partial charge in [-0.15, -0.1) is 0 Å². The smallest absolute Gasteiger partial charge is 0.157 e. The normalized spacial score (nSPS) is 11.1. The molecular weight excluding hydrogens is 180 g/mol. The summed E-state index contributed by atoms with van der Waals surface area (Å²) in [5.74, 6) is -0.308. The number of carbonyl (C=O) groups is 1. The lowest BCUT2D eigenvalue weighted by atomic mass is 10.2. The van der Waals surface area contributed by atoms with Crippen LogP contribution in [0.15, 0.2) is 36.4 Å². The first-order valence-corrected chi connectivity index (χ1v) is 4.04. The molecule has 3 nitrogen and oxygen atoms in total. The van der Waals surface area contributed by atoms with E-state index in [4.69, 9.17) is 10.2 Å². The standard InChI is InChI=1S/C11H10O3/c12-7-3-1-2-4-9-5-6-10(13)11(14)8-9/h1-8,13-14H/b3-1+,4-2+. The van der Waals surface area contributed by atoms with Crippen LogP contribution in [0, 0.1) is 0 Å². The van der Waals surface area contributed by atoms with E-state index in [-0.39, 0.29) is 11.5 Å². The lowest BCUT2D eigenvalue weighted by Crippen LogP contribution is -1.72. The zero-order valence-corrected chi connectivity index (χ0v) is 7.42. The van der Waals surface area contributed by atoms with Gasteiger partial charge in [0.05, 0.1) is 0 Å². The molecule has 1 rings (SSSR count). The fraction of sp³-hybridized carbons (Fsp3) is 0. The Morgan fingerprint density at radius 2 is 1.79 bits per heavy atom. The molecule has 1 aromatic rings. The monoisotopic (exact) mass is 190 g/mol. The minimum atomic E-state index is -0.161. The highest BCUT2D eigenvalue weighted by Gasteiger charge is 1.96. The molecule has 0 aromatic heterocycles. The minimum Gasteiger partial charge on any atom is -0.504 e. The SMILES string of the molecule is O=C/C=C/C=C/c1ccc(O)c(O)c1. The predicted molar refractivity (Wildman–Crippen MR) is 54.0 cm³/mol. The molecule has 0 aliphatic carbocycles. The van der Waals surface area contributed by atoms with Gasteiger partial charge in [0.25, 0.3) is 0 Å². The van der Waals surface area contributed by atoms with Crippen molar-refractivity contribution < 1.29 is 15.0 Å². The second-order valence-electron chi connectivity index (χ2n) is 2.63. The predicted octanol–water partition coefficient (Wildman–Crippen LogP) is 1.87. The van der Waals surface area contributed by atoms with Crippen LogP contribution in [-0.4, -0.2) is 16.5 Å². The molecule has 14 heavy (non-hydrogen) atoms. The van der Waals surface area contributed by atoms with Gasteiger partial charge in [-0.1, -0.05) is 24.3 Å². The minimum absolute atomic E-state index is 0.148. The summed E-state index contributed by atoms with van der Waals surface area (Å²) in [6.07, 6.45) is 6.99. The zero-order valence-electron chi connectivity index (χ0n) is 7.42. The quantitative estimate of drug-likeness (QED) is 0.331. The van der Waals surface area contributed by atoms with E-state index in [0.29, 0.717) is 6.29 Å². The van der Waals surface area contributed by atoms with Gasteiger partial charge in [0, 0.05) is 0 Å². The number of rotatable bonds is 3. The van der Waals surface area contributed by atoms with Crippen molar-refractivity contribution in [2.45, 2.75) is 0 Å². The number of phenolic OH excluding ortho intramolecular Hbond substituents is 2. The molecule has 0 amide bonds. The summed E-state index contributed by atoms with van der Waals surface area (Å²) in [4.78, 5) is 9.92. The van der Waals surface area contributed by atoms with Crippen LogP contribution in [0.25, 0.3) is 6.08 Å². The van der Waals surface area contributed by atoms with Crippen LogP contribution in [0.3, 0.4) is 0 Å². The van der Waals surface area contributed by atoms with E-state index >= 15 is 0 Å².